The van der Waals surface area contributed by atoms with E-state index >= 15 is 0 Å². The lowest BCUT2D eigenvalue weighted by molar-refractivity contribution is -0.474. The highest BCUT2D eigenvalue weighted by Crippen LogP contribution is 2.66. The number of rotatable bonds is 24. The Balaban J connectivity index is 5.51. The zero-order chi connectivity index (χ0) is 38.3. The summed E-state index contributed by atoms with van der Waals surface area (Å²) in [5.74, 6) is -76.3. The Morgan fingerprint density at radius 1 is 0.250 bits per heavy atom. The van der Waals surface area contributed by atoms with Crippen LogP contribution in [-0.2, 0) is 0 Å². The molecule has 0 N–H and O–H groups in total. The van der Waals surface area contributed by atoms with Crippen LogP contribution in [-0.4, -0.2) is 59.5 Å². The molecule has 0 aromatic carbocycles. The first kappa shape index (κ1) is 46.5. The van der Waals surface area contributed by atoms with Crippen molar-refractivity contribution in [1.82, 2.24) is 0 Å². The van der Waals surface area contributed by atoms with Crippen LogP contribution in [0, 0.1) is 0 Å². The summed E-state index contributed by atoms with van der Waals surface area (Å²) in [4.78, 5) is 0. The number of hydrogen-bond donors (Lipinski definition) is 0. The summed E-state index contributed by atoms with van der Waals surface area (Å²) < 4.78 is 282. The van der Waals surface area contributed by atoms with Crippen LogP contribution in [0.15, 0.2) is 0 Å². The van der Waals surface area contributed by atoms with Crippen molar-refractivity contribution in [3.8, 4) is 0 Å². The highest BCUT2D eigenvalue weighted by atomic mass is 19.4. The summed E-state index contributed by atoms with van der Waals surface area (Å²) in [5.41, 5.74) is 0. The van der Waals surface area contributed by atoms with Gasteiger partial charge in [-0.2, -0.15) is 92.2 Å². The standard InChI is InChI=1S/C27H35F21/c1-2-3-4-5-6-7-8-9-10-11-12-13-14-15-16-17-18(28,29)19(30,31)20(32,33)21(34,35)22(36,37)23(38,39)24(40,41)25(42,43)26(44,45)27(46,47)48/h2-17H2,1H3. The summed E-state index contributed by atoms with van der Waals surface area (Å²) in [6.45, 7) is 2.07. The summed E-state index contributed by atoms with van der Waals surface area (Å²) in [7, 11) is 0. The third-order valence-corrected chi connectivity index (χ3v) is 7.67. The zero-order valence-electron chi connectivity index (χ0n) is 25.3. The minimum Gasteiger partial charge on any atom is -0.200 e. The lowest BCUT2D eigenvalue weighted by Gasteiger charge is -2.44. The molecule has 0 aliphatic rings. The van der Waals surface area contributed by atoms with Gasteiger partial charge in [0.15, 0.2) is 0 Å². The highest BCUT2D eigenvalue weighted by molar-refractivity contribution is 5.17. The third-order valence-electron chi connectivity index (χ3n) is 7.67. The van der Waals surface area contributed by atoms with Crippen LogP contribution in [0.5, 0.6) is 0 Å². The average Bonchev–Trinajstić information content (AvgIpc) is 2.93. The van der Waals surface area contributed by atoms with Crippen molar-refractivity contribution in [2.75, 3.05) is 0 Å². The molecule has 0 radical (unpaired) electrons. The average molecular weight is 759 g/mol. The fourth-order valence-electron chi connectivity index (χ4n) is 4.47. The molecule has 0 aliphatic carbocycles. The maximum Gasteiger partial charge on any atom is 0.460 e. The number of unbranched alkanes of at least 4 members (excludes halogenated alkanes) is 14. The van der Waals surface area contributed by atoms with Gasteiger partial charge in [0.25, 0.3) is 0 Å². The van der Waals surface area contributed by atoms with Crippen LogP contribution in [0.3, 0.4) is 0 Å². The first-order chi connectivity index (χ1) is 21.3. The number of hydrogen-bond acceptors (Lipinski definition) is 0. The van der Waals surface area contributed by atoms with Crippen molar-refractivity contribution >= 4 is 0 Å². The molecular formula is C27H35F21. The molecule has 0 bridgehead atoms. The van der Waals surface area contributed by atoms with Crippen molar-refractivity contribution in [3.63, 3.8) is 0 Å². The molecule has 0 saturated carbocycles. The Labute approximate surface area is 262 Å². The van der Waals surface area contributed by atoms with Crippen LogP contribution in [0.25, 0.3) is 0 Å². The Morgan fingerprint density at radius 3 is 0.708 bits per heavy atom. The topological polar surface area (TPSA) is 0 Å². The largest absolute Gasteiger partial charge is 0.460 e. The highest BCUT2D eigenvalue weighted by Gasteiger charge is 2.97. The van der Waals surface area contributed by atoms with Crippen LogP contribution in [0.1, 0.15) is 110 Å². The molecule has 48 heavy (non-hydrogen) atoms. The van der Waals surface area contributed by atoms with E-state index in [9.17, 15) is 92.2 Å². The first-order valence-corrected chi connectivity index (χ1v) is 14.8. The van der Waals surface area contributed by atoms with Gasteiger partial charge in [0.2, 0.25) is 0 Å². The Morgan fingerprint density at radius 2 is 0.458 bits per heavy atom. The molecule has 0 aromatic rings. The molecule has 0 atom stereocenters. The van der Waals surface area contributed by atoms with E-state index < -0.39 is 78.7 Å². The first-order valence-electron chi connectivity index (χ1n) is 14.8. The van der Waals surface area contributed by atoms with Crippen LogP contribution in [0.2, 0.25) is 0 Å². The predicted molar refractivity (Wildman–Crippen MR) is 130 cm³/mol. The van der Waals surface area contributed by atoms with Gasteiger partial charge in [-0.3, -0.25) is 0 Å². The van der Waals surface area contributed by atoms with E-state index in [1.54, 1.807) is 0 Å². The van der Waals surface area contributed by atoms with E-state index in [0.717, 1.165) is 57.8 Å². The SMILES string of the molecule is CCCCCCCCCCCCCCCCCC(F)(F)C(F)(F)C(F)(F)C(F)(F)C(F)(F)C(F)(F)C(F)(F)C(F)(F)C(F)(F)C(F)(F)F. The van der Waals surface area contributed by atoms with Gasteiger partial charge in [-0.05, 0) is 6.42 Å². The molecule has 0 unspecified atom stereocenters. The maximum atomic E-state index is 14.0. The second-order valence-electron chi connectivity index (χ2n) is 11.5. The van der Waals surface area contributed by atoms with Crippen LogP contribution < -0.4 is 0 Å². The fourth-order valence-corrected chi connectivity index (χ4v) is 4.47. The summed E-state index contributed by atoms with van der Waals surface area (Å²) in [6, 6.07) is 0. The predicted octanol–water partition coefficient (Wildman–Crippen LogP) is 13.5. The minimum absolute atomic E-state index is 0.0121. The van der Waals surface area contributed by atoms with Gasteiger partial charge in [-0.25, -0.2) is 0 Å². The van der Waals surface area contributed by atoms with E-state index in [1.165, 1.54) is 0 Å². The van der Waals surface area contributed by atoms with E-state index in [4.69, 9.17) is 0 Å². The van der Waals surface area contributed by atoms with Crippen molar-refractivity contribution in [2.24, 2.45) is 0 Å². The Kier molecular flexibility index (Phi) is 15.8. The monoisotopic (exact) mass is 758 g/mol. The molecule has 0 aromatic heterocycles. The van der Waals surface area contributed by atoms with E-state index in [2.05, 4.69) is 6.92 Å². The van der Waals surface area contributed by atoms with Crippen molar-refractivity contribution < 1.29 is 92.2 Å². The molecule has 0 amide bonds. The maximum absolute atomic E-state index is 14.0. The second-order valence-corrected chi connectivity index (χ2v) is 11.5. The van der Waals surface area contributed by atoms with Crippen molar-refractivity contribution in [3.05, 3.63) is 0 Å². The normalized spacial score (nSPS) is 15.4. The minimum atomic E-state index is -9.13. The molecule has 21 heteroatoms. The van der Waals surface area contributed by atoms with Crippen molar-refractivity contribution in [2.45, 2.75) is 169 Å². The lowest BCUT2D eigenvalue weighted by atomic mass is 9.85. The summed E-state index contributed by atoms with van der Waals surface area (Å²) in [6.07, 6.45) is -1.45. The number of halogens is 21. The van der Waals surface area contributed by atoms with Gasteiger partial charge < -0.3 is 0 Å². The fraction of sp³-hybridized carbons (Fsp3) is 1.00. The smallest absolute Gasteiger partial charge is 0.200 e. The Hall–Kier alpha value is -1.47. The molecule has 0 spiro atoms. The van der Waals surface area contributed by atoms with Gasteiger partial charge in [-0.15, -0.1) is 0 Å². The molecular weight excluding hydrogens is 723 g/mol. The van der Waals surface area contributed by atoms with Gasteiger partial charge >= 0.3 is 59.5 Å². The third kappa shape index (κ3) is 8.87. The van der Waals surface area contributed by atoms with Gasteiger partial charge in [0.1, 0.15) is 0 Å². The van der Waals surface area contributed by atoms with Crippen molar-refractivity contribution in [1.29, 1.82) is 0 Å². The number of alkyl halides is 21. The summed E-state index contributed by atoms with van der Waals surface area (Å²) >= 11 is 0. The molecule has 0 aliphatic heterocycles. The second kappa shape index (κ2) is 16.3. The molecule has 0 saturated heterocycles. The van der Waals surface area contributed by atoms with Gasteiger partial charge in [0.05, 0.1) is 0 Å². The van der Waals surface area contributed by atoms with E-state index in [-0.39, 0.29) is 6.42 Å². The quantitative estimate of drug-likeness (QED) is 0.0679. The van der Waals surface area contributed by atoms with E-state index in [1.807, 2.05) is 0 Å². The molecule has 0 rings (SSSR count). The van der Waals surface area contributed by atoms with Crippen LogP contribution >= 0.6 is 0 Å². The van der Waals surface area contributed by atoms with Crippen LogP contribution in [0.4, 0.5) is 92.2 Å². The van der Waals surface area contributed by atoms with E-state index in [0.29, 0.717) is 19.3 Å². The lowest BCUT2D eigenvalue weighted by Crippen LogP contribution is -2.76. The van der Waals surface area contributed by atoms with Gasteiger partial charge in [0, 0.05) is 6.42 Å². The molecule has 0 fully saturated rings. The molecule has 0 heterocycles. The molecule has 290 valence electrons. The van der Waals surface area contributed by atoms with Gasteiger partial charge in [-0.1, -0.05) is 96.8 Å². The molecule has 0 nitrogen and oxygen atoms in total. The summed E-state index contributed by atoms with van der Waals surface area (Å²) in [5, 5.41) is 0. The zero-order valence-corrected chi connectivity index (χ0v) is 25.3. The Bertz CT molecular complexity index is 952.